The number of benzene rings is 2. The molecule has 2 aromatic carbocycles. The summed E-state index contributed by atoms with van der Waals surface area (Å²) in [6.45, 7) is 1.94. The Balaban J connectivity index is 1.60. The lowest BCUT2D eigenvalue weighted by Gasteiger charge is -2.16. The second kappa shape index (κ2) is 8.51. The van der Waals surface area contributed by atoms with Crippen molar-refractivity contribution >= 4 is 11.9 Å². The Morgan fingerprint density at radius 3 is 2.43 bits per heavy atom. The average Bonchev–Trinajstić information content (AvgIpc) is 3.18. The molecule has 8 nitrogen and oxygen atoms in total. The van der Waals surface area contributed by atoms with Gasteiger partial charge in [-0.2, -0.15) is 0 Å². The summed E-state index contributed by atoms with van der Waals surface area (Å²) < 4.78 is 26.2. The standard InChI is InChI=1S/C20H21NO7/c1-12(28-20(23)18-15(24-2)5-4-6-16(18)25-3)19(22)21-10-13-7-8-14-17(9-13)27-11-26-14/h4-9,12H,10-11H2,1-3H3,(H,21,22)/t12-/m1/s1. The maximum atomic E-state index is 12.5. The van der Waals surface area contributed by atoms with Gasteiger partial charge in [0, 0.05) is 6.54 Å². The van der Waals surface area contributed by atoms with Crippen molar-refractivity contribution in [2.75, 3.05) is 21.0 Å². The molecule has 0 radical (unpaired) electrons. The van der Waals surface area contributed by atoms with Crippen LogP contribution in [0, 0.1) is 0 Å². The van der Waals surface area contributed by atoms with Gasteiger partial charge in [0.1, 0.15) is 17.1 Å². The van der Waals surface area contributed by atoms with Crippen LogP contribution in [0.25, 0.3) is 0 Å². The molecule has 28 heavy (non-hydrogen) atoms. The summed E-state index contributed by atoms with van der Waals surface area (Å²) in [5, 5.41) is 2.73. The fourth-order valence-electron chi connectivity index (χ4n) is 2.71. The molecule has 2 aromatic rings. The first-order valence-corrected chi connectivity index (χ1v) is 8.61. The summed E-state index contributed by atoms with van der Waals surface area (Å²) in [4.78, 5) is 24.8. The van der Waals surface area contributed by atoms with Crippen LogP contribution in [0.15, 0.2) is 36.4 Å². The molecular formula is C20H21NO7. The van der Waals surface area contributed by atoms with Crippen molar-refractivity contribution in [1.29, 1.82) is 0 Å². The van der Waals surface area contributed by atoms with Crippen LogP contribution >= 0.6 is 0 Å². The first kappa shape index (κ1) is 19.3. The van der Waals surface area contributed by atoms with Gasteiger partial charge in [-0.3, -0.25) is 4.79 Å². The van der Waals surface area contributed by atoms with Crippen LogP contribution < -0.4 is 24.3 Å². The van der Waals surface area contributed by atoms with E-state index in [0.29, 0.717) is 23.0 Å². The van der Waals surface area contributed by atoms with Gasteiger partial charge in [-0.25, -0.2) is 4.79 Å². The third kappa shape index (κ3) is 4.11. The third-order valence-electron chi connectivity index (χ3n) is 4.19. The second-order valence-corrected chi connectivity index (χ2v) is 5.99. The molecule has 1 aliphatic rings. The number of rotatable bonds is 7. The Kier molecular flexibility index (Phi) is 5.88. The smallest absolute Gasteiger partial charge is 0.346 e. The van der Waals surface area contributed by atoms with Crippen LogP contribution in [0.2, 0.25) is 0 Å². The molecular weight excluding hydrogens is 366 g/mol. The van der Waals surface area contributed by atoms with E-state index >= 15 is 0 Å². The Hall–Kier alpha value is -3.42. The Labute approximate surface area is 162 Å². The number of hydrogen-bond donors (Lipinski definition) is 1. The minimum absolute atomic E-state index is 0.128. The number of hydrogen-bond acceptors (Lipinski definition) is 7. The van der Waals surface area contributed by atoms with E-state index in [0.717, 1.165) is 5.56 Å². The van der Waals surface area contributed by atoms with Gasteiger partial charge in [-0.15, -0.1) is 0 Å². The zero-order chi connectivity index (χ0) is 20.1. The first-order chi connectivity index (χ1) is 13.5. The average molecular weight is 387 g/mol. The SMILES string of the molecule is COc1cccc(OC)c1C(=O)O[C@H](C)C(=O)NCc1ccc2c(c1)OCO2. The summed E-state index contributed by atoms with van der Waals surface area (Å²) in [5.74, 6) is 0.771. The van der Waals surface area contributed by atoms with E-state index in [1.807, 2.05) is 6.07 Å². The zero-order valence-corrected chi connectivity index (χ0v) is 15.8. The van der Waals surface area contributed by atoms with E-state index in [2.05, 4.69) is 5.32 Å². The van der Waals surface area contributed by atoms with Crippen molar-refractivity contribution < 1.29 is 33.3 Å². The van der Waals surface area contributed by atoms with Crippen molar-refractivity contribution in [3.8, 4) is 23.0 Å². The van der Waals surface area contributed by atoms with Crippen molar-refractivity contribution in [3.63, 3.8) is 0 Å². The maximum absolute atomic E-state index is 12.5. The molecule has 1 atom stereocenters. The number of fused-ring (bicyclic) bond motifs is 1. The topological polar surface area (TPSA) is 92.3 Å². The largest absolute Gasteiger partial charge is 0.496 e. The molecule has 1 aliphatic heterocycles. The lowest BCUT2D eigenvalue weighted by molar-refractivity contribution is -0.129. The molecule has 0 spiro atoms. The summed E-state index contributed by atoms with van der Waals surface area (Å²) in [6.07, 6.45) is -1.00. The van der Waals surface area contributed by atoms with Crippen LogP contribution in [-0.2, 0) is 16.1 Å². The molecule has 1 heterocycles. The second-order valence-electron chi connectivity index (χ2n) is 5.99. The summed E-state index contributed by atoms with van der Waals surface area (Å²) in [6, 6.07) is 10.3. The number of carbonyl (C=O) groups excluding carboxylic acids is 2. The predicted molar refractivity (Wildman–Crippen MR) is 98.8 cm³/mol. The molecule has 0 saturated carbocycles. The fourth-order valence-corrected chi connectivity index (χ4v) is 2.71. The molecule has 0 saturated heterocycles. The lowest BCUT2D eigenvalue weighted by atomic mass is 10.1. The molecule has 0 bridgehead atoms. The highest BCUT2D eigenvalue weighted by molar-refractivity contribution is 5.97. The fraction of sp³-hybridized carbons (Fsp3) is 0.300. The number of ether oxygens (including phenoxy) is 5. The molecule has 3 rings (SSSR count). The lowest BCUT2D eigenvalue weighted by Crippen LogP contribution is -2.35. The molecule has 0 fully saturated rings. The van der Waals surface area contributed by atoms with E-state index in [1.165, 1.54) is 21.1 Å². The van der Waals surface area contributed by atoms with E-state index in [-0.39, 0.29) is 18.9 Å². The van der Waals surface area contributed by atoms with Gasteiger partial charge >= 0.3 is 5.97 Å². The van der Waals surface area contributed by atoms with Gasteiger partial charge in [0.2, 0.25) is 6.79 Å². The van der Waals surface area contributed by atoms with Gasteiger partial charge in [-0.05, 0) is 36.8 Å². The number of esters is 1. The van der Waals surface area contributed by atoms with Crippen molar-refractivity contribution in [1.82, 2.24) is 5.32 Å². The number of carbonyl (C=O) groups is 2. The van der Waals surface area contributed by atoms with Gasteiger partial charge < -0.3 is 29.0 Å². The summed E-state index contributed by atoms with van der Waals surface area (Å²) >= 11 is 0. The highest BCUT2D eigenvalue weighted by Crippen LogP contribution is 2.32. The van der Waals surface area contributed by atoms with Crippen LogP contribution in [0.4, 0.5) is 0 Å². The number of amides is 1. The monoisotopic (exact) mass is 387 g/mol. The van der Waals surface area contributed by atoms with Crippen LogP contribution in [0.3, 0.4) is 0 Å². The van der Waals surface area contributed by atoms with Crippen LogP contribution in [0.5, 0.6) is 23.0 Å². The molecule has 148 valence electrons. The zero-order valence-electron chi connectivity index (χ0n) is 15.8. The minimum Gasteiger partial charge on any atom is -0.496 e. The van der Waals surface area contributed by atoms with Crippen LogP contribution in [-0.4, -0.2) is 39.0 Å². The van der Waals surface area contributed by atoms with E-state index in [9.17, 15) is 9.59 Å². The molecule has 0 aliphatic carbocycles. The Morgan fingerprint density at radius 1 is 1.07 bits per heavy atom. The highest BCUT2D eigenvalue weighted by atomic mass is 16.7. The molecule has 0 unspecified atom stereocenters. The number of methoxy groups -OCH3 is 2. The van der Waals surface area contributed by atoms with Gasteiger partial charge in [0.05, 0.1) is 14.2 Å². The van der Waals surface area contributed by atoms with Crippen molar-refractivity contribution in [2.45, 2.75) is 19.6 Å². The van der Waals surface area contributed by atoms with E-state index in [4.69, 9.17) is 23.7 Å². The molecule has 1 amide bonds. The third-order valence-corrected chi connectivity index (χ3v) is 4.19. The maximum Gasteiger partial charge on any atom is 0.346 e. The van der Waals surface area contributed by atoms with Crippen LogP contribution in [0.1, 0.15) is 22.8 Å². The normalized spacial score (nSPS) is 12.8. The van der Waals surface area contributed by atoms with Gasteiger partial charge in [0.15, 0.2) is 17.6 Å². The Bertz CT molecular complexity index is 859. The quantitative estimate of drug-likeness (QED) is 0.729. The minimum atomic E-state index is -1.00. The van der Waals surface area contributed by atoms with E-state index in [1.54, 1.807) is 30.3 Å². The van der Waals surface area contributed by atoms with E-state index < -0.39 is 18.0 Å². The number of nitrogens with one attached hydrogen (secondary N) is 1. The summed E-state index contributed by atoms with van der Waals surface area (Å²) in [7, 11) is 2.88. The van der Waals surface area contributed by atoms with Gasteiger partial charge in [-0.1, -0.05) is 12.1 Å². The summed E-state index contributed by atoms with van der Waals surface area (Å²) in [5.41, 5.74) is 0.963. The predicted octanol–water partition coefficient (Wildman–Crippen LogP) is 2.29. The van der Waals surface area contributed by atoms with Gasteiger partial charge in [0.25, 0.3) is 5.91 Å². The highest BCUT2D eigenvalue weighted by Gasteiger charge is 2.24. The van der Waals surface area contributed by atoms with Crippen molar-refractivity contribution in [3.05, 3.63) is 47.5 Å². The molecule has 8 heteroatoms. The molecule has 0 aromatic heterocycles. The first-order valence-electron chi connectivity index (χ1n) is 8.61. The van der Waals surface area contributed by atoms with Crippen molar-refractivity contribution in [2.24, 2.45) is 0 Å². The Morgan fingerprint density at radius 2 is 1.75 bits per heavy atom. The molecule has 1 N–H and O–H groups in total.